The summed E-state index contributed by atoms with van der Waals surface area (Å²) in [6, 6.07) is 11.8. The van der Waals surface area contributed by atoms with E-state index in [1.807, 2.05) is 42.1 Å². The second kappa shape index (κ2) is 8.32. The van der Waals surface area contributed by atoms with Gasteiger partial charge in [0.25, 0.3) is 5.91 Å². The van der Waals surface area contributed by atoms with E-state index in [-0.39, 0.29) is 5.91 Å². The SMILES string of the molecule is O=C(NCCSCc1ccsc1)c1c[nH]c(=S)n1-c1ccccc1. The van der Waals surface area contributed by atoms with Crippen molar-refractivity contribution in [2.45, 2.75) is 5.75 Å². The summed E-state index contributed by atoms with van der Waals surface area (Å²) in [4.78, 5) is 15.4. The van der Waals surface area contributed by atoms with Crippen molar-refractivity contribution in [3.8, 4) is 5.69 Å². The average molecular weight is 376 g/mol. The normalized spacial score (nSPS) is 10.7. The van der Waals surface area contributed by atoms with Gasteiger partial charge in [-0.05, 0) is 46.7 Å². The Kier molecular flexibility index (Phi) is 5.90. The van der Waals surface area contributed by atoms with Gasteiger partial charge in [0.15, 0.2) is 4.77 Å². The summed E-state index contributed by atoms with van der Waals surface area (Å²) in [6.07, 6.45) is 1.66. The fourth-order valence-corrected chi connectivity index (χ4v) is 4.10. The zero-order valence-corrected chi connectivity index (χ0v) is 15.3. The van der Waals surface area contributed by atoms with Crippen molar-refractivity contribution in [1.82, 2.24) is 14.9 Å². The van der Waals surface area contributed by atoms with Gasteiger partial charge < -0.3 is 10.3 Å². The van der Waals surface area contributed by atoms with Gasteiger partial charge in [0, 0.05) is 29.9 Å². The van der Waals surface area contributed by atoms with Crippen molar-refractivity contribution in [2.75, 3.05) is 12.3 Å². The number of nitrogens with one attached hydrogen (secondary N) is 2. The summed E-state index contributed by atoms with van der Waals surface area (Å²) in [6.45, 7) is 0.625. The van der Waals surface area contributed by atoms with Gasteiger partial charge in [-0.1, -0.05) is 18.2 Å². The first kappa shape index (κ1) is 17.0. The molecular formula is C17H17N3OS3. The molecule has 0 saturated heterocycles. The van der Waals surface area contributed by atoms with Gasteiger partial charge >= 0.3 is 0 Å². The van der Waals surface area contributed by atoms with Crippen LogP contribution in [0, 0.1) is 4.77 Å². The molecule has 1 aromatic carbocycles. The average Bonchev–Trinajstić information content (AvgIpc) is 3.24. The number of benzene rings is 1. The number of hydrogen-bond donors (Lipinski definition) is 2. The lowest BCUT2D eigenvalue weighted by atomic mass is 10.3. The third-order valence-electron chi connectivity index (χ3n) is 3.40. The molecule has 0 atom stereocenters. The summed E-state index contributed by atoms with van der Waals surface area (Å²) in [7, 11) is 0. The monoisotopic (exact) mass is 375 g/mol. The Labute approximate surface area is 153 Å². The van der Waals surface area contributed by atoms with Gasteiger partial charge in [0.05, 0.1) is 0 Å². The second-order valence-electron chi connectivity index (χ2n) is 5.09. The molecule has 0 unspecified atom stereocenters. The lowest BCUT2D eigenvalue weighted by Gasteiger charge is -2.09. The number of aromatic nitrogens is 2. The molecule has 0 bridgehead atoms. The number of nitrogens with zero attached hydrogens (tertiary/aromatic N) is 1. The van der Waals surface area contributed by atoms with E-state index in [9.17, 15) is 4.79 Å². The van der Waals surface area contributed by atoms with E-state index in [0.29, 0.717) is 17.0 Å². The molecule has 124 valence electrons. The van der Waals surface area contributed by atoms with E-state index in [2.05, 4.69) is 27.1 Å². The highest BCUT2D eigenvalue weighted by Gasteiger charge is 2.13. The highest BCUT2D eigenvalue weighted by Crippen LogP contribution is 2.15. The van der Waals surface area contributed by atoms with E-state index in [1.54, 1.807) is 22.1 Å². The Morgan fingerprint density at radius 3 is 2.88 bits per heavy atom. The number of thioether (sulfide) groups is 1. The van der Waals surface area contributed by atoms with Crippen LogP contribution in [0.5, 0.6) is 0 Å². The number of hydrogen-bond acceptors (Lipinski definition) is 4. The van der Waals surface area contributed by atoms with Crippen LogP contribution in [0.25, 0.3) is 5.69 Å². The second-order valence-corrected chi connectivity index (χ2v) is 7.36. The number of thiophene rings is 1. The molecule has 2 aromatic heterocycles. The summed E-state index contributed by atoms with van der Waals surface area (Å²) in [5.74, 6) is 1.73. The van der Waals surface area contributed by atoms with Crippen LogP contribution >= 0.6 is 35.3 Å². The smallest absolute Gasteiger partial charge is 0.269 e. The molecule has 0 saturated carbocycles. The number of rotatable bonds is 7. The minimum atomic E-state index is -0.123. The number of carbonyl (C=O) groups is 1. The van der Waals surface area contributed by atoms with Crippen molar-refractivity contribution in [3.63, 3.8) is 0 Å². The zero-order chi connectivity index (χ0) is 16.8. The highest BCUT2D eigenvalue weighted by atomic mass is 32.2. The van der Waals surface area contributed by atoms with E-state index >= 15 is 0 Å². The molecule has 0 spiro atoms. The molecule has 0 aliphatic heterocycles. The number of imidazole rings is 1. The predicted molar refractivity (Wildman–Crippen MR) is 104 cm³/mol. The standard InChI is InChI=1S/C17H17N3OS3/c21-16(18-7-9-24-12-13-6-8-23-11-13)15-10-19-17(22)20(15)14-4-2-1-3-5-14/h1-6,8,10-11H,7,9,12H2,(H,18,21)(H,19,22). The van der Waals surface area contributed by atoms with Crippen LogP contribution in [0.4, 0.5) is 0 Å². The molecule has 7 heteroatoms. The topological polar surface area (TPSA) is 49.8 Å². The largest absolute Gasteiger partial charge is 0.350 e. The molecular weight excluding hydrogens is 358 g/mol. The Morgan fingerprint density at radius 1 is 1.29 bits per heavy atom. The minimum absolute atomic E-state index is 0.123. The van der Waals surface area contributed by atoms with Crippen LogP contribution < -0.4 is 5.32 Å². The third kappa shape index (κ3) is 4.17. The van der Waals surface area contributed by atoms with Crippen molar-refractivity contribution in [2.24, 2.45) is 0 Å². The first-order valence-corrected chi connectivity index (χ1v) is 9.99. The molecule has 1 amide bonds. The van der Waals surface area contributed by atoms with Crippen LogP contribution in [-0.2, 0) is 5.75 Å². The summed E-state index contributed by atoms with van der Waals surface area (Å²) < 4.78 is 2.27. The lowest BCUT2D eigenvalue weighted by molar-refractivity contribution is 0.0949. The van der Waals surface area contributed by atoms with Gasteiger partial charge in [0.1, 0.15) is 5.69 Å². The first-order chi connectivity index (χ1) is 11.8. The van der Waals surface area contributed by atoms with Crippen molar-refractivity contribution in [3.05, 3.63) is 69.4 Å². The van der Waals surface area contributed by atoms with E-state index in [0.717, 1.165) is 17.2 Å². The maximum Gasteiger partial charge on any atom is 0.269 e. The van der Waals surface area contributed by atoms with Crippen LogP contribution in [-0.4, -0.2) is 27.8 Å². The molecule has 0 aliphatic rings. The summed E-state index contributed by atoms with van der Waals surface area (Å²) >= 11 is 8.82. The third-order valence-corrected chi connectivity index (χ3v) is 5.47. The van der Waals surface area contributed by atoms with Gasteiger partial charge in [0.2, 0.25) is 0 Å². The number of para-hydroxylation sites is 1. The Hall–Kier alpha value is -1.83. The molecule has 0 aliphatic carbocycles. The van der Waals surface area contributed by atoms with Crippen LogP contribution in [0.2, 0.25) is 0 Å². The quantitative estimate of drug-likeness (QED) is 0.479. The molecule has 4 nitrogen and oxygen atoms in total. The van der Waals surface area contributed by atoms with Crippen LogP contribution in [0.15, 0.2) is 53.4 Å². The molecule has 3 aromatic rings. The molecule has 24 heavy (non-hydrogen) atoms. The highest BCUT2D eigenvalue weighted by molar-refractivity contribution is 7.98. The number of aromatic amines is 1. The van der Waals surface area contributed by atoms with Gasteiger partial charge in [-0.3, -0.25) is 9.36 Å². The van der Waals surface area contributed by atoms with Crippen molar-refractivity contribution < 1.29 is 4.79 Å². The van der Waals surface area contributed by atoms with Gasteiger partial charge in [-0.2, -0.15) is 23.1 Å². The van der Waals surface area contributed by atoms with E-state index in [4.69, 9.17) is 12.2 Å². The maximum atomic E-state index is 12.4. The molecule has 3 rings (SSSR count). The molecule has 2 N–H and O–H groups in total. The minimum Gasteiger partial charge on any atom is -0.350 e. The van der Waals surface area contributed by atoms with Gasteiger partial charge in [-0.15, -0.1) is 0 Å². The fourth-order valence-electron chi connectivity index (χ4n) is 2.26. The lowest BCUT2D eigenvalue weighted by Crippen LogP contribution is -2.27. The maximum absolute atomic E-state index is 12.4. The number of amides is 1. The fraction of sp³-hybridized carbons (Fsp3) is 0.176. The number of H-pyrrole nitrogens is 1. The Balaban J connectivity index is 1.57. The zero-order valence-electron chi connectivity index (χ0n) is 12.9. The summed E-state index contributed by atoms with van der Waals surface area (Å²) in [5.41, 5.74) is 2.73. The van der Waals surface area contributed by atoms with Crippen LogP contribution in [0.1, 0.15) is 16.1 Å². The van der Waals surface area contributed by atoms with Gasteiger partial charge in [-0.25, -0.2) is 0 Å². The summed E-state index contributed by atoms with van der Waals surface area (Å²) in [5, 5.41) is 7.19. The molecule has 0 fully saturated rings. The van der Waals surface area contributed by atoms with E-state index < -0.39 is 0 Å². The Bertz CT molecular complexity index is 838. The van der Waals surface area contributed by atoms with Crippen molar-refractivity contribution in [1.29, 1.82) is 0 Å². The Morgan fingerprint density at radius 2 is 2.12 bits per heavy atom. The number of carbonyl (C=O) groups excluding carboxylic acids is 1. The van der Waals surface area contributed by atoms with Crippen molar-refractivity contribution >= 4 is 41.2 Å². The predicted octanol–water partition coefficient (Wildman–Crippen LogP) is 4.26. The molecule has 0 radical (unpaired) electrons. The van der Waals surface area contributed by atoms with Crippen LogP contribution in [0.3, 0.4) is 0 Å². The first-order valence-electron chi connectivity index (χ1n) is 7.48. The molecule has 2 heterocycles. The van der Waals surface area contributed by atoms with E-state index in [1.165, 1.54) is 5.56 Å².